The Balaban J connectivity index is 1.94. The summed E-state index contributed by atoms with van der Waals surface area (Å²) in [4.78, 5) is 13.2. The molecule has 8 nitrogen and oxygen atoms in total. The van der Waals surface area contributed by atoms with Gasteiger partial charge in [0.15, 0.2) is 5.76 Å². The van der Waals surface area contributed by atoms with Crippen molar-refractivity contribution in [1.29, 1.82) is 0 Å². The van der Waals surface area contributed by atoms with Crippen LogP contribution in [0.4, 0.5) is 0 Å². The molecule has 1 aliphatic heterocycles. The number of rotatable bonds is 7. The average molecular weight is 359 g/mol. The normalized spacial score (nSPS) is 19.4. The third kappa shape index (κ3) is 4.79. The molecule has 2 rings (SSSR count). The van der Waals surface area contributed by atoms with E-state index in [1.807, 2.05) is 0 Å². The maximum Gasteiger partial charge on any atom is 0.289 e. The molecule has 1 atom stereocenters. The van der Waals surface area contributed by atoms with E-state index in [0.29, 0.717) is 25.5 Å². The summed E-state index contributed by atoms with van der Waals surface area (Å²) in [6.07, 6.45) is 1.78. The highest BCUT2D eigenvalue weighted by Gasteiger charge is 2.28. The van der Waals surface area contributed by atoms with Gasteiger partial charge < -0.3 is 14.1 Å². The Bertz CT molecular complexity index is 654. The van der Waals surface area contributed by atoms with Crippen LogP contribution in [0.25, 0.3) is 0 Å². The molecule has 0 aliphatic carbocycles. The minimum absolute atomic E-state index is 0.00842. The lowest BCUT2D eigenvalue weighted by Gasteiger charge is -2.31. The zero-order valence-corrected chi connectivity index (χ0v) is 15.1. The fraction of sp³-hybridized carbons (Fsp3) is 0.667. The van der Waals surface area contributed by atoms with Gasteiger partial charge in [-0.05, 0) is 30.9 Å². The number of carbonyl (C=O) groups is 1. The summed E-state index contributed by atoms with van der Waals surface area (Å²) >= 11 is 0. The van der Waals surface area contributed by atoms with E-state index in [2.05, 4.69) is 4.72 Å². The Kier molecular flexibility index (Phi) is 6.39. The fourth-order valence-corrected chi connectivity index (χ4v) is 3.96. The lowest BCUT2D eigenvalue weighted by atomic mass is 10.0. The predicted octanol–water partition coefficient (Wildman–Crippen LogP) is 0.674. The highest BCUT2D eigenvalue weighted by atomic mass is 32.2. The Morgan fingerprint density at radius 3 is 2.88 bits per heavy atom. The first-order valence-corrected chi connectivity index (χ1v) is 9.31. The van der Waals surface area contributed by atoms with Gasteiger partial charge in [-0.1, -0.05) is 0 Å². The van der Waals surface area contributed by atoms with E-state index in [-0.39, 0.29) is 24.1 Å². The number of hydrogen-bond donors (Lipinski definition) is 1. The third-order valence-corrected chi connectivity index (χ3v) is 5.45. The van der Waals surface area contributed by atoms with Crippen molar-refractivity contribution in [3.05, 3.63) is 23.7 Å². The second kappa shape index (κ2) is 8.11. The van der Waals surface area contributed by atoms with Gasteiger partial charge in [0.2, 0.25) is 0 Å². The fourth-order valence-electron chi connectivity index (χ4n) is 2.68. The van der Waals surface area contributed by atoms with Crippen LogP contribution < -0.4 is 4.72 Å². The maximum atomic E-state index is 12.4. The average Bonchev–Trinajstić information content (AvgIpc) is 3.02. The van der Waals surface area contributed by atoms with Gasteiger partial charge in [-0.3, -0.25) is 4.79 Å². The van der Waals surface area contributed by atoms with E-state index in [4.69, 9.17) is 9.15 Å². The van der Waals surface area contributed by atoms with Crippen molar-refractivity contribution in [1.82, 2.24) is 13.9 Å². The van der Waals surface area contributed by atoms with Gasteiger partial charge in [-0.25, -0.2) is 0 Å². The summed E-state index contributed by atoms with van der Waals surface area (Å²) in [6, 6.07) is 3.14. The van der Waals surface area contributed by atoms with Crippen molar-refractivity contribution in [2.24, 2.45) is 5.92 Å². The van der Waals surface area contributed by atoms with Crippen molar-refractivity contribution < 1.29 is 22.4 Å². The van der Waals surface area contributed by atoms with Crippen LogP contribution in [0.3, 0.4) is 0 Å². The number of ether oxygens (including phenoxy) is 1. The predicted molar refractivity (Wildman–Crippen MR) is 88.7 cm³/mol. The Hall–Kier alpha value is -1.42. The molecule has 9 heteroatoms. The first kappa shape index (κ1) is 18.9. The minimum Gasteiger partial charge on any atom is -0.455 e. The van der Waals surface area contributed by atoms with Crippen LogP contribution in [0, 0.1) is 5.92 Å². The van der Waals surface area contributed by atoms with E-state index in [0.717, 1.165) is 12.8 Å². The number of hydrogen-bond acceptors (Lipinski definition) is 5. The summed E-state index contributed by atoms with van der Waals surface area (Å²) in [5, 5.41) is 0. The van der Waals surface area contributed by atoms with Crippen LogP contribution in [-0.4, -0.2) is 64.4 Å². The van der Waals surface area contributed by atoms with Gasteiger partial charge in [-0.15, -0.1) is 0 Å². The van der Waals surface area contributed by atoms with Crippen LogP contribution >= 0.6 is 0 Å². The highest BCUT2D eigenvalue weighted by Crippen LogP contribution is 2.19. The summed E-state index contributed by atoms with van der Waals surface area (Å²) in [7, 11) is 1.28. The third-order valence-electron chi connectivity index (χ3n) is 3.93. The van der Waals surface area contributed by atoms with Crippen LogP contribution in [0.5, 0.6) is 0 Å². The molecule has 1 N–H and O–H groups in total. The SMILES string of the molecule is COC[C@@H]1CCCN(S(=O)(=O)NCc2ccc(C(=O)N(C)C)o2)C1. The molecule has 1 aromatic rings. The molecule has 2 heterocycles. The molecule has 1 fully saturated rings. The molecule has 0 aromatic carbocycles. The molecule has 1 aliphatic rings. The summed E-state index contributed by atoms with van der Waals surface area (Å²) in [5.74, 6) is 0.539. The topological polar surface area (TPSA) is 92.1 Å². The second-order valence-corrected chi connectivity index (χ2v) is 7.87. The van der Waals surface area contributed by atoms with Gasteiger partial charge in [-0.2, -0.15) is 17.4 Å². The minimum atomic E-state index is -3.59. The van der Waals surface area contributed by atoms with Crippen LogP contribution in [0.1, 0.15) is 29.2 Å². The largest absolute Gasteiger partial charge is 0.455 e. The van der Waals surface area contributed by atoms with Crippen molar-refractivity contribution in [3.63, 3.8) is 0 Å². The smallest absolute Gasteiger partial charge is 0.289 e. The number of nitrogens with one attached hydrogen (secondary N) is 1. The molecule has 24 heavy (non-hydrogen) atoms. The number of piperidine rings is 1. The maximum absolute atomic E-state index is 12.4. The summed E-state index contributed by atoms with van der Waals surface area (Å²) in [5.41, 5.74) is 0. The molecule has 1 saturated heterocycles. The standard InChI is InChI=1S/C15H25N3O5S/c1-17(2)15(19)14-7-6-13(23-14)9-16-24(20,21)18-8-4-5-12(10-18)11-22-3/h6-7,12,16H,4-5,8-11H2,1-3H3/t12-/m1/s1. The number of methoxy groups -OCH3 is 1. The van der Waals surface area contributed by atoms with Gasteiger partial charge in [0.25, 0.3) is 16.1 Å². The first-order chi connectivity index (χ1) is 11.3. The van der Waals surface area contributed by atoms with Gasteiger partial charge in [0.1, 0.15) is 5.76 Å². The highest BCUT2D eigenvalue weighted by molar-refractivity contribution is 7.87. The Morgan fingerprint density at radius 1 is 1.46 bits per heavy atom. The molecule has 0 bridgehead atoms. The molecule has 136 valence electrons. The molecule has 1 amide bonds. The zero-order chi connectivity index (χ0) is 17.7. The Labute approximate surface area is 142 Å². The molecule has 0 saturated carbocycles. The monoisotopic (exact) mass is 359 g/mol. The molecule has 1 aromatic heterocycles. The van der Waals surface area contributed by atoms with Gasteiger partial charge >= 0.3 is 0 Å². The number of furan rings is 1. The van der Waals surface area contributed by atoms with E-state index < -0.39 is 10.2 Å². The molecule has 0 unspecified atom stereocenters. The van der Waals surface area contributed by atoms with Crippen LogP contribution in [-0.2, 0) is 21.5 Å². The molecular formula is C15H25N3O5S. The number of amides is 1. The first-order valence-electron chi connectivity index (χ1n) is 7.87. The van der Waals surface area contributed by atoms with Crippen molar-refractivity contribution in [3.8, 4) is 0 Å². The van der Waals surface area contributed by atoms with Crippen LogP contribution in [0.15, 0.2) is 16.5 Å². The lowest BCUT2D eigenvalue weighted by molar-refractivity contribution is 0.0795. The van der Waals surface area contributed by atoms with Crippen molar-refractivity contribution >= 4 is 16.1 Å². The Morgan fingerprint density at radius 2 is 2.21 bits per heavy atom. The van der Waals surface area contributed by atoms with Gasteiger partial charge in [0, 0.05) is 34.3 Å². The molecule has 0 spiro atoms. The van der Waals surface area contributed by atoms with E-state index >= 15 is 0 Å². The summed E-state index contributed by atoms with van der Waals surface area (Å²) in [6.45, 7) is 1.51. The van der Waals surface area contributed by atoms with Gasteiger partial charge in [0.05, 0.1) is 13.2 Å². The quantitative estimate of drug-likeness (QED) is 0.773. The second-order valence-electron chi connectivity index (χ2n) is 6.11. The van der Waals surface area contributed by atoms with Crippen molar-refractivity contribution in [2.75, 3.05) is 40.9 Å². The van der Waals surface area contributed by atoms with Crippen LogP contribution in [0.2, 0.25) is 0 Å². The zero-order valence-electron chi connectivity index (χ0n) is 14.3. The summed E-state index contributed by atoms with van der Waals surface area (Å²) < 4.78 is 39.3. The number of nitrogens with zero attached hydrogens (tertiary/aromatic N) is 2. The van der Waals surface area contributed by atoms with Crippen molar-refractivity contribution in [2.45, 2.75) is 19.4 Å². The molecular weight excluding hydrogens is 334 g/mol. The lowest BCUT2D eigenvalue weighted by Crippen LogP contribution is -2.46. The van der Waals surface area contributed by atoms with E-state index in [1.54, 1.807) is 33.3 Å². The van der Waals surface area contributed by atoms with E-state index in [1.165, 1.54) is 9.21 Å². The van der Waals surface area contributed by atoms with E-state index in [9.17, 15) is 13.2 Å². The molecule has 0 radical (unpaired) electrons. The number of carbonyl (C=O) groups excluding carboxylic acids is 1.